The average molecular weight is 531 g/mol. The van der Waals surface area contributed by atoms with Crippen LogP contribution in [0.15, 0.2) is 60.7 Å². The summed E-state index contributed by atoms with van der Waals surface area (Å²) in [5.41, 5.74) is 0. The fraction of sp³-hybridized carbons (Fsp3) is 0.567. The molecule has 0 aliphatic rings. The Balaban J connectivity index is 1.65. The number of ether oxygens (including phenoxy) is 4. The van der Waals surface area contributed by atoms with Crippen LogP contribution in [0.2, 0.25) is 5.04 Å². The number of benzene rings is 2. The number of unbranched alkanes of at least 4 members (excludes halogenated alkanes) is 2. The predicted molar refractivity (Wildman–Crippen MR) is 151 cm³/mol. The van der Waals surface area contributed by atoms with E-state index < -0.39 is 8.32 Å². The molecular formula is C30H46O6Si. The highest BCUT2D eigenvalue weighted by Crippen LogP contribution is 2.36. The summed E-state index contributed by atoms with van der Waals surface area (Å²) in [6.45, 7) is 12.6. The Morgan fingerprint density at radius 1 is 0.676 bits per heavy atom. The highest BCUT2D eigenvalue weighted by Gasteiger charge is 2.49. The Kier molecular flexibility index (Phi) is 14.7. The van der Waals surface area contributed by atoms with Crippen molar-refractivity contribution in [3.63, 3.8) is 0 Å². The number of esters is 1. The van der Waals surface area contributed by atoms with Crippen molar-refractivity contribution in [2.75, 3.05) is 52.9 Å². The minimum atomic E-state index is -2.52. The van der Waals surface area contributed by atoms with Crippen molar-refractivity contribution in [3.05, 3.63) is 60.7 Å². The quantitative estimate of drug-likeness (QED) is 0.149. The van der Waals surface area contributed by atoms with E-state index in [0.717, 1.165) is 19.3 Å². The Morgan fingerprint density at radius 3 is 1.59 bits per heavy atom. The van der Waals surface area contributed by atoms with Crippen molar-refractivity contribution in [1.82, 2.24) is 0 Å². The molecule has 206 valence electrons. The molecule has 2 rings (SSSR count). The minimum Gasteiger partial charge on any atom is -0.463 e. The van der Waals surface area contributed by atoms with E-state index in [1.807, 2.05) is 0 Å². The lowest BCUT2D eigenvalue weighted by Crippen LogP contribution is -2.66. The first-order valence-corrected chi connectivity index (χ1v) is 15.5. The van der Waals surface area contributed by atoms with E-state index in [2.05, 4.69) is 88.4 Å². The van der Waals surface area contributed by atoms with Gasteiger partial charge in [0.1, 0.15) is 6.61 Å². The molecule has 0 heterocycles. The lowest BCUT2D eigenvalue weighted by atomic mass is 10.2. The Morgan fingerprint density at radius 2 is 1.14 bits per heavy atom. The van der Waals surface area contributed by atoms with E-state index in [-0.39, 0.29) is 11.0 Å². The van der Waals surface area contributed by atoms with E-state index in [1.54, 1.807) is 0 Å². The molecule has 0 spiro atoms. The van der Waals surface area contributed by atoms with Crippen molar-refractivity contribution in [3.8, 4) is 0 Å². The third-order valence-electron chi connectivity index (χ3n) is 6.18. The van der Waals surface area contributed by atoms with Gasteiger partial charge in [-0.05, 0) is 21.8 Å². The molecule has 2 aromatic rings. The molecular weight excluding hydrogens is 484 g/mol. The van der Waals surface area contributed by atoms with Gasteiger partial charge in [-0.15, -0.1) is 0 Å². The molecule has 7 heteroatoms. The van der Waals surface area contributed by atoms with Gasteiger partial charge in [0.15, 0.2) is 0 Å². The first-order chi connectivity index (χ1) is 17.9. The molecule has 0 aromatic heterocycles. The van der Waals surface area contributed by atoms with Crippen LogP contribution >= 0.6 is 0 Å². The standard InChI is InChI=1S/C30H46O6Si/c1-5-6-9-18-29(31)35-25-23-33-21-19-32-20-22-34-24-26-36-37(30(2,3)4,27-14-10-7-11-15-27)28-16-12-8-13-17-28/h7-8,10-17H,5-6,9,18-26H2,1-4H3. The van der Waals surface area contributed by atoms with Gasteiger partial charge in [0.05, 0.1) is 46.2 Å². The van der Waals surface area contributed by atoms with Crippen molar-refractivity contribution in [2.24, 2.45) is 0 Å². The molecule has 0 atom stereocenters. The van der Waals surface area contributed by atoms with Crippen molar-refractivity contribution in [1.29, 1.82) is 0 Å². The van der Waals surface area contributed by atoms with Crippen LogP contribution in [0.5, 0.6) is 0 Å². The first kappa shape index (κ1) is 31.2. The second-order valence-corrected chi connectivity index (χ2v) is 14.3. The van der Waals surface area contributed by atoms with Gasteiger partial charge in [-0.2, -0.15) is 0 Å². The topological polar surface area (TPSA) is 63.2 Å². The van der Waals surface area contributed by atoms with Gasteiger partial charge >= 0.3 is 5.97 Å². The van der Waals surface area contributed by atoms with E-state index in [4.69, 9.17) is 23.4 Å². The SMILES string of the molecule is CCCCCC(=O)OCCOCCOCCOCCO[Si](c1ccccc1)(c1ccccc1)C(C)(C)C. The zero-order chi connectivity index (χ0) is 26.8. The van der Waals surface area contributed by atoms with E-state index in [9.17, 15) is 4.79 Å². The smallest absolute Gasteiger partial charge is 0.305 e. The summed E-state index contributed by atoms with van der Waals surface area (Å²) in [5.74, 6) is -0.149. The third kappa shape index (κ3) is 10.7. The molecule has 0 bridgehead atoms. The van der Waals surface area contributed by atoms with Crippen LogP contribution in [0.3, 0.4) is 0 Å². The van der Waals surface area contributed by atoms with Crippen LogP contribution in [0.25, 0.3) is 0 Å². The molecule has 0 N–H and O–H groups in total. The molecule has 0 radical (unpaired) electrons. The number of hydrogen-bond donors (Lipinski definition) is 0. The van der Waals surface area contributed by atoms with Crippen LogP contribution in [-0.4, -0.2) is 67.1 Å². The van der Waals surface area contributed by atoms with Gasteiger partial charge < -0.3 is 23.4 Å². The van der Waals surface area contributed by atoms with Crippen LogP contribution in [0.4, 0.5) is 0 Å². The van der Waals surface area contributed by atoms with Crippen molar-refractivity contribution in [2.45, 2.75) is 58.4 Å². The summed E-state index contributed by atoms with van der Waals surface area (Å²) in [6, 6.07) is 21.2. The molecule has 37 heavy (non-hydrogen) atoms. The zero-order valence-electron chi connectivity index (χ0n) is 23.2. The number of carbonyl (C=O) groups is 1. The third-order valence-corrected chi connectivity index (χ3v) is 11.2. The van der Waals surface area contributed by atoms with Crippen LogP contribution < -0.4 is 10.4 Å². The van der Waals surface area contributed by atoms with Gasteiger partial charge in [-0.25, -0.2) is 0 Å². The summed E-state index contributed by atoms with van der Waals surface area (Å²) in [5, 5.41) is 2.48. The van der Waals surface area contributed by atoms with Gasteiger partial charge in [-0.3, -0.25) is 4.79 Å². The van der Waals surface area contributed by atoms with Crippen molar-refractivity contribution < 1.29 is 28.2 Å². The van der Waals surface area contributed by atoms with E-state index in [0.29, 0.717) is 59.3 Å². The highest BCUT2D eigenvalue weighted by molar-refractivity contribution is 6.99. The van der Waals surface area contributed by atoms with Crippen molar-refractivity contribution >= 4 is 24.7 Å². The normalized spacial score (nSPS) is 12.0. The minimum absolute atomic E-state index is 0.0494. The average Bonchev–Trinajstić information content (AvgIpc) is 2.89. The molecule has 0 saturated carbocycles. The van der Waals surface area contributed by atoms with Gasteiger partial charge in [0.25, 0.3) is 8.32 Å². The maximum absolute atomic E-state index is 11.5. The van der Waals surface area contributed by atoms with Gasteiger partial charge in [0, 0.05) is 6.42 Å². The molecule has 0 aliphatic carbocycles. The molecule has 0 amide bonds. The zero-order valence-corrected chi connectivity index (χ0v) is 24.2. The Hall–Kier alpha value is -2.03. The summed E-state index contributed by atoms with van der Waals surface area (Å²) < 4.78 is 28.8. The van der Waals surface area contributed by atoms with Crippen LogP contribution in [0, 0.1) is 0 Å². The number of carbonyl (C=O) groups excluding carboxylic acids is 1. The summed E-state index contributed by atoms with van der Waals surface area (Å²) in [4.78, 5) is 11.5. The second-order valence-electron chi connectivity index (χ2n) is 10.0. The lowest BCUT2D eigenvalue weighted by Gasteiger charge is -2.43. The van der Waals surface area contributed by atoms with E-state index >= 15 is 0 Å². The fourth-order valence-corrected chi connectivity index (χ4v) is 8.91. The summed E-state index contributed by atoms with van der Waals surface area (Å²) in [6.07, 6.45) is 3.52. The van der Waals surface area contributed by atoms with Crippen LogP contribution in [0.1, 0.15) is 53.4 Å². The summed E-state index contributed by atoms with van der Waals surface area (Å²) in [7, 11) is -2.52. The lowest BCUT2D eigenvalue weighted by molar-refractivity contribution is -0.145. The summed E-state index contributed by atoms with van der Waals surface area (Å²) >= 11 is 0. The first-order valence-electron chi connectivity index (χ1n) is 13.6. The Bertz CT molecular complexity index is 814. The predicted octanol–water partition coefficient (Wildman–Crippen LogP) is 4.74. The molecule has 0 saturated heterocycles. The fourth-order valence-electron chi connectivity index (χ4n) is 4.36. The molecule has 0 fully saturated rings. The highest BCUT2D eigenvalue weighted by atomic mass is 28.4. The Labute approximate surface area is 224 Å². The number of hydrogen-bond acceptors (Lipinski definition) is 6. The number of rotatable bonds is 19. The monoisotopic (exact) mass is 530 g/mol. The molecule has 2 aromatic carbocycles. The van der Waals surface area contributed by atoms with Crippen LogP contribution in [-0.2, 0) is 28.2 Å². The maximum atomic E-state index is 11.5. The second kappa shape index (κ2) is 17.5. The van der Waals surface area contributed by atoms with E-state index in [1.165, 1.54) is 10.4 Å². The van der Waals surface area contributed by atoms with Gasteiger partial charge in [-0.1, -0.05) is 101 Å². The largest absolute Gasteiger partial charge is 0.463 e. The molecule has 0 aliphatic heterocycles. The maximum Gasteiger partial charge on any atom is 0.305 e. The molecule has 0 unspecified atom stereocenters. The molecule has 6 nitrogen and oxygen atoms in total. The van der Waals surface area contributed by atoms with Gasteiger partial charge in [0.2, 0.25) is 0 Å².